The molecule has 0 aromatic heterocycles. The molecule has 0 saturated heterocycles. The molecule has 0 aliphatic rings. The molecule has 17 heavy (non-hydrogen) atoms. The van der Waals surface area contributed by atoms with E-state index in [0.717, 1.165) is 0 Å². The van der Waals surface area contributed by atoms with Gasteiger partial charge in [0.1, 0.15) is 0 Å². The van der Waals surface area contributed by atoms with Gasteiger partial charge in [-0.05, 0) is 26.0 Å². The molecule has 1 aromatic rings. The lowest BCUT2D eigenvalue weighted by Crippen LogP contribution is -2.31. The first-order valence-corrected chi connectivity index (χ1v) is 5.74. The maximum atomic E-state index is 11.9. The van der Waals surface area contributed by atoms with E-state index in [0.29, 0.717) is 17.7 Å². The van der Waals surface area contributed by atoms with E-state index in [-0.39, 0.29) is 17.9 Å². The SMILES string of the molecule is CCC(=O)Nc1ccccc1C(=O)NC(C)C. The third kappa shape index (κ3) is 3.90. The van der Waals surface area contributed by atoms with Gasteiger partial charge in [0.05, 0.1) is 11.3 Å². The monoisotopic (exact) mass is 234 g/mol. The molecule has 92 valence electrons. The van der Waals surface area contributed by atoms with Gasteiger partial charge in [0, 0.05) is 12.5 Å². The Hall–Kier alpha value is -1.84. The number of anilines is 1. The number of para-hydroxylation sites is 1. The lowest BCUT2D eigenvalue weighted by Gasteiger charge is -2.12. The third-order valence-electron chi connectivity index (χ3n) is 2.19. The molecule has 0 fully saturated rings. The number of benzene rings is 1. The number of amides is 2. The van der Waals surface area contributed by atoms with Gasteiger partial charge >= 0.3 is 0 Å². The van der Waals surface area contributed by atoms with Crippen LogP contribution in [0.4, 0.5) is 5.69 Å². The lowest BCUT2D eigenvalue weighted by atomic mass is 10.1. The quantitative estimate of drug-likeness (QED) is 0.838. The average Bonchev–Trinajstić information content (AvgIpc) is 2.28. The van der Waals surface area contributed by atoms with E-state index in [1.807, 2.05) is 13.8 Å². The second-order valence-electron chi connectivity index (χ2n) is 4.08. The number of hydrogen-bond acceptors (Lipinski definition) is 2. The van der Waals surface area contributed by atoms with E-state index in [9.17, 15) is 9.59 Å². The van der Waals surface area contributed by atoms with Crippen molar-refractivity contribution >= 4 is 17.5 Å². The molecule has 0 unspecified atom stereocenters. The number of carbonyl (C=O) groups is 2. The highest BCUT2D eigenvalue weighted by atomic mass is 16.2. The first-order chi connectivity index (χ1) is 8.04. The predicted octanol–water partition coefficient (Wildman–Crippen LogP) is 2.17. The van der Waals surface area contributed by atoms with Crippen LogP contribution in [0.2, 0.25) is 0 Å². The summed E-state index contributed by atoms with van der Waals surface area (Å²) in [6.07, 6.45) is 0.389. The van der Waals surface area contributed by atoms with Crippen molar-refractivity contribution in [2.45, 2.75) is 33.2 Å². The molecule has 4 heteroatoms. The first kappa shape index (κ1) is 13.2. The Bertz CT molecular complexity index is 414. The van der Waals surface area contributed by atoms with Crippen molar-refractivity contribution in [3.63, 3.8) is 0 Å². The van der Waals surface area contributed by atoms with Gasteiger partial charge in [-0.2, -0.15) is 0 Å². The van der Waals surface area contributed by atoms with Crippen LogP contribution in [0.1, 0.15) is 37.6 Å². The van der Waals surface area contributed by atoms with Gasteiger partial charge in [0.25, 0.3) is 5.91 Å². The van der Waals surface area contributed by atoms with Crippen LogP contribution in [-0.4, -0.2) is 17.9 Å². The average molecular weight is 234 g/mol. The van der Waals surface area contributed by atoms with E-state index >= 15 is 0 Å². The zero-order chi connectivity index (χ0) is 12.8. The maximum absolute atomic E-state index is 11.9. The van der Waals surface area contributed by atoms with Crippen molar-refractivity contribution in [3.8, 4) is 0 Å². The number of hydrogen-bond donors (Lipinski definition) is 2. The van der Waals surface area contributed by atoms with Crippen LogP contribution in [0.25, 0.3) is 0 Å². The Morgan fingerprint density at radius 1 is 1.24 bits per heavy atom. The summed E-state index contributed by atoms with van der Waals surface area (Å²) in [5.74, 6) is -0.276. The Labute approximate surface area is 101 Å². The Morgan fingerprint density at radius 2 is 1.88 bits per heavy atom. The van der Waals surface area contributed by atoms with E-state index in [4.69, 9.17) is 0 Å². The van der Waals surface area contributed by atoms with Crippen LogP contribution in [0, 0.1) is 0 Å². The van der Waals surface area contributed by atoms with Gasteiger partial charge in [0.2, 0.25) is 5.91 Å². The molecule has 2 amide bonds. The van der Waals surface area contributed by atoms with Gasteiger partial charge in [0.15, 0.2) is 0 Å². The molecule has 2 N–H and O–H groups in total. The normalized spacial score (nSPS) is 10.1. The highest BCUT2D eigenvalue weighted by molar-refractivity contribution is 6.03. The molecule has 1 rings (SSSR count). The molecule has 0 spiro atoms. The van der Waals surface area contributed by atoms with Crippen molar-refractivity contribution in [1.29, 1.82) is 0 Å². The van der Waals surface area contributed by atoms with E-state index in [2.05, 4.69) is 10.6 Å². The first-order valence-electron chi connectivity index (χ1n) is 5.74. The predicted molar refractivity (Wildman–Crippen MR) is 68.0 cm³/mol. The van der Waals surface area contributed by atoms with Crippen molar-refractivity contribution in [2.75, 3.05) is 5.32 Å². The molecule has 0 aliphatic carbocycles. The summed E-state index contributed by atoms with van der Waals surface area (Å²) in [4.78, 5) is 23.2. The van der Waals surface area contributed by atoms with Gasteiger partial charge < -0.3 is 10.6 Å². The van der Waals surface area contributed by atoms with Crippen molar-refractivity contribution in [2.24, 2.45) is 0 Å². The Morgan fingerprint density at radius 3 is 2.47 bits per heavy atom. The van der Waals surface area contributed by atoms with Gasteiger partial charge in [-0.25, -0.2) is 0 Å². The number of rotatable bonds is 4. The molecule has 0 radical (unpaired) electrons. The smallest absolute Gasteiger partial charge is 0.253 e. The van der Waals surface area contributed by atoms with Crippen LogP contribution < -0.4 is 10.6 Å². The summed E-state index contributed by atoms with van der Waals surface area (Å²) >= 11 is 0. The second-order valence-corrected chi connectivity index (χ2v) is 4.08. The molecule has 1 aromatic carbocycles. The summed E-state index contributed by atoms with van der Waals surface area (Å²) in [6.45, 7) is 5.56. The van der Waals surface area contributed by atoms with Crippen molar-refractivity contribution < 1.29 is 9.59 Å². The summed E-state index contributed by atoms with van der Waals surface area (Å²) in [7, 11) is 0. The van der Waals surface area contributed by atoms with Crippen LogP contribution in [0.5, 0.6) is 0 Å². The fraction of sp³-hybridized carbons (Fsp3) is 0.385. The van der Waals surface area contributed by atoms with Gasteiger partial charge in [-0.3, -0.25) is 9.59 Å². The Kier molecular flexibility index (Phi) is 4.69. The molecule has 4 nitrogen and oxygen atoms in total. The van der Waals surface area contributed by atoms with Gasteiger partial charge in [-0.1, -0.05) is 19.1 Å². The molecule has 0 heterocycles. The minimum absolute atomic E-state index is 0.0671. The largest absolute Gasteiger partial charge is 0.350 e. The molecule has 0 saturated carbocycles. The van der Waals surface area contributed by atoms with E-state index in [1.165, 1.54) is 0 Å². The fourth-order valence-electron chi connectivity index (χ4n) is 1.37. The molecular weight excluding hydrogens is 216 g/mol. The summed E-state index contributed by atoms with van der Waals surface area (Å²) < 4.78 is 0. The van der Waals surface area contributed by atoms with Crippen molar-refractivity contribution in [3.05, 3.63) is 29.8 Å². The molecular formula is C13H18N2O2. The third-order valence-corrected chi connectivity index (χ3v) is 2.19. The van der Waals surface area contributed by atoms with Crippen LogP contribution in [0.15, 0.2) is 24.3 Å². The van der Waals surface area contributed by atoms with Crippen LogP contribution in [-0.2, 0) is 4.79 Å². The van der Waals surface area contributed by atoms with E-state index < -0.39 is 0 Å². The van der Waals surface area contributed by atoms with Crippen LogP contribution >= 0.6 is 0 Å². The maximum Gasteiger partial charge on any atom is 0.253 e. The van der Waals surface area contributed by atoms with E-state index in [1.54, 1.807) is 31.2 Å². The highest BCUT2D eigenvalue weighted by Crippen LogP contribution is 2.15. The fourth-order valence-corrected chi connectivity index (χ4v) is 1.37. The minimum Gasteiger partial charge on any atom is -0.350 e. The standard InChI is InChI=1S/C13H18N2O2/c1-4-12(16)15-11-8-6-5-7-10(11)13(17)14-9(2)3/h5-9H,4H2,1-3H3,(H,14,17)(H,15,16). The number of nitrogens with one attached hydrogen (secondary N) is 2. The summed E-state index contributed by atoms with van der Waals surface area (Å²) in [6, 6.07) is 7.05. The topological polar surface area (TPSA) is 58.2 Å². The lowest BCUT2D eigenvalue weighted by molar-refractivity contribution is -0.115. The second kappa shape index (κ2) is 6.03. The zero-order valence-electron chi connectivity index (χ0n) is 10.4. The zero-order valence-corrected chi connectivity index (χ0v) is 10.4. The van der Waals surface area contributed by atoms with Crippen molar-refractivity contribution in [1.82, 2.24) is 5.32 Å². The van der Waals surface area contributed by atoms with Gasteiger partial charge in [-0.15, -0.1) is 0 Å². The summed E-state index contributed by atoms with van der Waals surface area (Å²) in [5.41, 5.74) is 1.04. The molecule has 0 bridgehead atoms. The minimum atomic E-state index is -0.174. The molecule has 0 aliphatic heterocycles. The molecule has 0 atom stereocenters. The van der Waals surface area contributed by atoms with Crippen LogP contribution in [0.3, 0.4) is 0 Å². The highest BCUT2D eigenvalue weighted by Gasteiger charge is 2.12. The Balaban J connectivity index is 2.91. The summed E-state index contributed by atoms with van der Waals surface area (Å²) in [5, 5.41) is 5.52. The number of carbonyl (C=O) groups excluding carboxylic acids is 2.